The van der Waals surface area contributed by atoms with Crippen LogP contribution in [0.3, 0.4) is 0 Å². The van der Waals surface area contributed by atoms with Gasteiger partial charge in [0, 0.05) is 6.07 Å². The lowest BCUT2D eigenvalue weighted by atomic mass is 10.2. The first-order valence-electron chi connectivity index (χ1n) is 9.23. The Morgan fingerprint density at radius 1 is 1.00 bits per heavy atom. The molecule has 0 aliphatic carbocycles. The average Bonchev–Trinajstić information content (AvgIpc) is 3.23. The molecule has 3 rings (SSSR count). The van der Waals surface area contributed by atoms with Crippen LogP contribution in [-0.4, -0.2) is 37.5 Å². The van der Waals surface area contributed by atoms with Crippen molar-refractivity contribution >= 4 is 29.7 Å². The Kier molecular flexibility index (Phi) is 6.89. The lowest BCUT2D eigenvalue weighted by Crippen LogP contribution is -2.15. The molecule has 1 heterocycles. The summed E-state index contributed by atoms with van der Waals surface area (Å²) in [5, 5.41) is 5.09. The molecule has 0 atom stereocenters. The number of benzene rings is 2. The third kappa shape index (κ3) is 5.21. The predicted octanol–water partition coefficient (Wildman–Crippen LogP) is 3.21. The first kappa shape index (κ1) is 21.4. The zero-order valence-electron chi connectivity index (χ0n) is 16.9. The van der Waals surface area contributed by atoms with Crippen molar-refractivity contribution in [2.75, 3.05) is 24.9 Å². The Labute approximate surface area is 178 Å². The number of hydrogen-bond donors (Lipinski definition) is 3. The molecule has 0 saturated heterocycles. The third-order valence-corrected chi connectivity index (χ3v) is 4.35. The maximum Gasteiger partial charge on any atom is 0.355 e. The van der Waals surface area contributed by atoms with E-state index in [0.29, 0.717) is 23.6 Å². The minimum atomic E-state index is -0.668. The Bertz CT molecular complexity index is 1080. The minimum absolute atomic E-state index is 0.0170. The first-order chi connectivity index (χ1) is 15.0. The summed E-state index contributed by atoms with van der Waals surface area (Å²) < 4.78 is 15.7. The van der Waals surface area contributed by atoms with Gasteiger partial charge in [0.2, 0.25) is 6.41 Å². The second kappa shape index (κ2) is 9.97. The van der Waals surface area contributed by atoms with Crippen LogP contribution in [-0.2, 0) is 16.1 Å². The van der Waals surface area contributed by atoms with Crippen molar-refractivity contribution in [2.45, 2.75) is 6.61 Å². The van der Waals surface area contributed by atoms with Crippen molar-refractivity contribution in [1.29, 1.82) is 0 Å². The van der Waals surface area contributed by atoms with Crippen LogP contribution < -0.4 is 20.1 Å². The van der Waals surface area contributed by atoms with Crippen LogP contribution in [0.1, 0.15) is 26.5 Å². The molecule has 9 nitrogen and oxygen atoms in total. The fourth-order valence-corrected chi connectivity index (χ4v) is 2.81. The molecule has 1 aromatic heterocycles. The van der Waals surface area contributed by atoms with Gasteiger partial charge in [-0.2, -0.15) is 0 Å². The molecule has 2 aromatic carbocycles. The number of carbonyl (C=O) groups is 3. The predicted molar refractivity (Wildman–Crippen MR) is 114 cm³/mol. The molecule has 0 radical (unpaired) electrons. The minimum Gasteiger partial charge on any atom is -0.497 e. The highest BCUT2D eigenvalue weighted by Gasteiger charge is 2.21. The Balaban J connectivity index is 1.78. The van der Waals surface area contributed by atoms with Crippen LogP contribution in [0, 0.1) is 0 Å². The van der Waals surface area contributed by atoms with E-state index in [4.69, 9.17) is 14.2 Å². The number of esters is 1. The zero-order valence-corrected chi connectivity index (χ0v) is 16.9. The quantitative estimate of drug-likeness (QED) is 0.359. The van der Waals surface area contributed by atoms with E-state index in [9.17, 15) is 14.4 Å². The summed E-state index contributed by atoms with van der Waals surface area (Å²) >= 11 is 0. The number of H-pyrrole nitrogens is 1. The van der Waals surface area contributed by atoms with Crippen molar-refractivity contribution in [1.82, 2.24) is 4.98 Å². The van der Waals surface area contributed by atoms with E-state index in [2.05, 4.69) is 15.6 Å². The van der Waals surface area contributed by atoms with Crippen LogP contribution >= 0.6 is 0 Å². The van der Waals surface area contributed by atoms with Crippen molar-refractivity contribution in [3.63, 3.8) is 0 Å². The van der Waals surface area contributed by atoms with Crippen molar-refractivity contribution < 1.29 is 28.6 Å². The Morgan fingerprint density at radius 2 is 1.77 bits per heavy atom. The summed E-state index contributed by atoms with van der Waals surface area (Å²) in [6, 6.07) is 15.4. The molecule has 0 spiro atoms. The van der Waals surface area contributed by atoms with Gasteiger partial charge in [-0.05, 0) is 23.8 Å². The van der Waals surface area contributed by atoms with Gasteiger partial charge in [0.25, 0.3) is 5.91 Å². The molecule has 2 amide bonds. The topological polar surface area (TPSA) is 119 Å². The standard InChI is InChI=1S/C22H21N3O6/c1-29-15-8-9-16(19(10-15)30-2)25-21(27)20-17(23-13-26)11-18(24-20)22(28)31-12-14-6-4-3-5-7-14/h3-11,13,24H,12H2,1-2H3,(H,23,26)(H,25,27). The maximum atomic E-state index is 12.8. The van der Waals surface area contributed by atoms with Gasteiger partial charge in [-0.1, -0.05) is 30.3 Å². The zero-order chi connectivity index (χ0) is 22.2. The molecule has 0 saturated carbocycles. The Hall–Kier alpha value is -4.27. The normalized spacial score (nSPS) is 10.1. The molecule has 31 heavy (non-hydrogen) atoms. The number of aromatic nitrogens is 1. The Morgan fingerprint density at radius 3 is 2.45 bits per heavy atom. The molecule has 0 aliphatic rings. The summed E-state index contributed by atoms with van der Waals surface area (Å²) in [6.07, 6.45) is 0.410. The van der Waals surface area contributed by atoms with E-state index < -0.39 is 11.9 Å². The average molecular weight is 423 g/mol. The molecule has 0 aliphatic heterocycles. The summed E-state index contributed by atoms with van der Waals surface area (Å²) in [5.41, 5.74) is 1.33. The van der Waals surface area contributed by atoms with E-state index in [-0.39, 0.29) is 23.7 Å². The fourth-order valence-electron chi connectivity index (χ4n) is 2.81. The number of hydrogen-bond acceptors (Lipinski definition) is 6. The van der Waals surface area contributed by atoms with Crippen LogP contribution in [0.15, 0.2) is 54.6 Å². The highest BCUT2D eigenvalue weighted by Crippen LogP contribution is 2.30. The van der Waals surface area contributed by atoms with Gasteiger partial charge in [0.15, 0.2) is 0 Å². The molecular weight excluding hydrogens is 402 g/mol. The van der Waals surface area contributed by atoms with E-state index in [1.165, 1.54) is 20.3 Å². The van der Waals surface area contributed by atoms with Gasteiger partial charge in [0.05, 0.1) is 25.6 Å². The number of amides is 2. The SMILES string of the molecule is COc1ccc(NC(=O)c2[nH]c(C(=O)OCc3ccccc3)cc2NC=O)c(OC)c1. The van der Waals surface area contributed by atoms with Gasteiger partial charge in [0.1, 0.15) is 29.5 Å². The third-order valence-electron chi connectivity index (χ3n) is 4.35. The summed E-state index contributed by atoms with van der Waals surface area (Å²) in [4.78, 5) is 38.9. The highest BCUT2D eigenvalue weighted by atomic mass is 16.5. The van der Waals surface area contributed by atoms with Gasteiger partial charge in [-0.25, -0.2) is 4.79 Å². The van der Waals surface area contributed by atoms with E-state index in [1.54, 1.807) is 18.2 Å². The number of aromatic amines is 1. The molecular formula is C22H21N3O6. The lowest BCUT2D eigenvalue weighted by molar-refractivity contribution is -0.105. The number of methoxy groups -OCH3 is 2. The lowest BCUT2D eigenvalue weighted by Gasteiger charge is -2.11. The second-order valence-corrected chi connectivity index (χ2v) is 6.32. The molecule has 3 N–H and O–H groups in total. The number of rotatable bonds is 9. The summed E-state index contributed by atoms with van der Waals surface area (Å²) in [7, 11) is 2.97. The fraction of sp³-hybridized carbons (Fsp3) is 0.136. The van der Waals surface area contributed by atoms with Crippen LogP contribution in [0.5, 0.6) is 11.5 Å². The molecule has 0 unspecified atom stereocenters. The van der Waals surface area contributed by atoms with Crippen LogP contribution in [0.25, 0.3) is 0 Å². The van der Waals surface area contributed by atoms with E-state index in [0.717, 1.165) is 5.56 Å². The monoisotopic (exact) mass is 423 g/mol. The smallest absolute Gasteiger partial charge is 0.355 e. The van der Waals surface area contributed by atoms with Gasteiger partial charge in [-0.3, -0.25) is 9.59 Å². The molecule has 3 aromatic rings. The van der Waals surface area contributed by atoms with E-state index in [1.807, 2.05) is 30.3 Å². The molecule has 160 valence electrons. The summed E-state index contributed by atoms with van der Waals surface area (Å²) in [6.45, 7) is 0.0692. The van der Waals surface area contributed by atoms with E-state index >= 15 is 0 Å². The largest absolute Gasteiger partial charge is 0.497 e. The van der Waals surface area contributed by atoms with Gasteiger partial charge in [-0.15, -0.1) is 0 Å². The van der Waals surface area contributed by atoms with Gasteiger partial charge >= 0.3 is 5.97 Å². The summed E-state index contributed by atoms with van der Waals surface area (Å²) in [5.74, 6) is -0.318. The molecule has 0 fully saturated rings. The van der Waals surface area contributed by atoms with Crippen LogP contribution in [0.2, 0.25) is 0 Å². The number of nitrogens with one attached hydrogen (secondary N) is 3. The molecule has 9 heteroatoms. The van der Waals surface area contributed by atoms with Crippen LogP contribution in [0.4, 0.5) is 11.4 Å². The van der Waals surface area contributed by atoms with Crippen molar-refractivity contribution in [3.05, 3.63) is 71.5 Å². The number of carbonyl (C=O) groups excluding carboxylic acids is 3. The highest BCUT2D eigenvalue weighted by molar-refractivity contribution is 6.09. The maximum absolute atomic E-state index is 12.8. The second-order valence-electron chi connectivity index (χ2n) is 6.32. The van der Waals surface area contributed by atoms with Gasteiger partial charge < -0.3 is 29.8 Å². The first-order valence-corrected chi connectivity index (χ1v) is 9.23. The van der Waals surface area contributed by atoms with Crippen molar-refractivity contribution in [3.8, 4) is 11.5 Å². The number of anilines is 2. The number of ether oxygens (including phenoxy) is 3. The van der Waals surface area contributed by atoms with Crippen molar-refractivity contribution in [2.24, 2.45) is 0 Å². The molecule has 0 bridgehead atoms.